The number of nitrogens with zero attached hydrogens (tertiary/aromatic N) is 4. The molecule has 2 aromatic rings. The van der Waals surface area contributed by atoms with Gasteiger partial charge < -0.3 is 4.74 Å². The summed E-state index contributed by atoms with van der Waals surface area (Å²) in [7, 11) is 0. The monoisotopic (exact) mass is 246 g/mol. The van der Waals surface area contributed by atoms with E-state index in [0.717, 1.165) is 11.4 Å². The van der Waals surface area contributed by atoms with Gasteiger partial charge in [0.25, 0.3) is 0 Å². The van der Waals surface area contributed by atoms with Crippen molar-refractivity contribution in [3.63, 3.8) is 0 Å². The summed E-state index contributed by atoms with van der Waals surface area (Å²) in [6.45, 7) is 5.80. The van der Waals surface area contributed by atoms with E-state index in [4.69, 9.17) is 4.74 Å². The molecule has 0 aliphatic heterocycles. The van der Waals surface area contributed by atoms with Gasteiger partial charge in [-0.2, -0.15) is 5.10 Å². The Morgan fingerprint density at radius 3 is 2.89 bits per heavy atom. The molecule has 0 spiro atoms. The molecule has 18 heavy (non-hydrogen) atoms. The summed E-state index contributed by atoms with van der Waals surface area (Å²) in [6.07, 6.45) is 4.74. The average Bonchev–Trinajstić information content (AvgIpc) is 2.82. The summed E-state index contributed by atoms with van der Waals surface area (Å²) >= 11 is 0. The highest BCUT2D eigenvalue weighted by Crippen LogP contribution is 2.10. The number of hydrogen-bond acceptors (Lipinski definition) is 5. The van der Waals surface area contributed by atoms with Gasteiger partial charge in [0.15, 0.2) is 5.82 Å². The minimum atomic E-state index is -0.387. The van der Waals surface area contributed by atoms with Crippen LogP contribution in [0.3, 0.4) is 0 Å². The van der Waals surface area contributed by atoms with Crippen LogP contribution < -0.4 is 0 Å². The summed E-state index contributed by atoms with van der Waals surface area (Å²) in [6, 6.07) is 0. The number of esters is 1. The lowest BCUT2D eigenvalue weighted by Crippen LogP contribution is -2.05. The predicted molar refractivity (Wildman–Crippen MR) is 64.6 cm³/mol. The molecule has 0 saturated carbocycles. The molecular formula is C12H14N4O2. The summed E-state index contributed by atoms with van der Waals surface area (Å²) in [4.78, 5) is 20.1. The van der Waals surface area contributed by atoms with E-state index in [1.807, 2.05) is 13.8 Å². The Kier molecular flexibility index (Phi) is 3.36. The van der Waals surface area contributed by atoms with Crippen molar-refractivity contribution in [1.29, 1.82) is 0 Å². The van der Waals surface area contributed by atoms with Gasteiger partial charge in [-0.05, 0) is 20.8 Å². The van der Waals surface area contributed by atoms with Crippen molar-refractivity contribution in [3.05, 3.63) is 35.5 Å². The third-order valence-corrected chi connectivity index (χ3v) is 2.36. The molecule has 6 heteroatoms. The third kappa shape index (κ3) is 2.37. The largest absolute Gasteiger partial charge is 0.462 e. The Morgan fingerprint density at radius 1 is 1.39 bits per heavy atom. The van der Waals surface area contributed by atoms with Crippen LogP contribution in [0.4, 0.5) is 0 Å². The Balaban J connectivity index is 2.35. The Morgan fingerprint density at radius 2 is 2.17 bits per heavy atom. The molecule has 0 N–H and O–H groups in total. The highest BCUT2D eigenvalue weighted by molar-refractivity contribution is 5.88. The Labute approximate surface area is 105 Å². The summed E-state index contributed by atoms with van der Waals surface area (Å²) in [5.74, 6) is 0.229. The van der Waals surface area contributed by atoms with Gasteiger partial charge in [-0.3, -0.25) is 4.98 Å². The lowest BCUT2D eigenvalue weighted by atomic mass is 10.3. The van der Waals surface area contributed by atoms with E-state index in [-0.39, 0.29) is 5.97 Å². The van der Waals surface area contributed by atoms with Crippen molar-refractivity contribution in [3.8, 4) is 5.82 Å². The Hall–Kier alpha value is -2.24. The van der Waals surface area contributed by atoms with E-state index in [0.29, 0.717) is 18.0 Å². The van der Waals surface area contributed by atoms with Gasteiger partial charge in [-0.25, -0.2) is 14.5 Å². The Bertz CT molecular complexity index is 577. The lowest BCUT2D eigenvalue weighted by Gasteiger charge is -2.04. The molecular weight excluding hydrogens is 232 g/mol. The van der Waals surface area contributed by atoms with E-state index in [9.17, 15) is 4.79 Å². The van der Waals surface area contributed by atoms with E-state index >= 15 is 0 Å². The molecule has 94 valence electrons. The van der Waals surface area contributed by atoms with Crippen molar-refractivity contribution in [2.24, 2.45) is 0 Å². The number of carbonyl (C=O) groups excluding carboxylic acids is 1. The second-order valence-corrected chi connectivity index (χ2v) is 3.81. The predicted octanol–water partition coefficient (Wildman–Crippen LogP) is 1.46. The van der Waals surface area contributed by atoms with E-state index < -0.39 is 0 Å². The first-order chi connectivity index (χ1) is 8.61. The number of aromatic nitrogens is 4. The summed E-state index contributed by atoms with van der Waals surface area (Å²) < 4.78 is 6.43. The fourth-order valence-electron chi connectivity index (χ4n) is 1.50. The number of hydrogen-bond donors (Lipinski definition) is 0. The normalized spacial score (nSPS) is 10.4. The maximum atomic E-state index is 11.5. The molecule has 2 aromatic heterocycles. The zero-order valence-electron chi connectivity index (χ0n) is 10.5. The first kappa shape index (κ1) is 12.2. The molecule has 0 radical (unpaired) electrons. The van der Waals surface area contributed by atoms with Crippen molar-refractivity contribution in [2.45, 2.75) is 20.8 Å². The molecule has 0 aliphatic rings. The minimum Gasteiger partial charge on any atom is -0.462 e. The molecule has 0 fully saturated rings. The number of carbonyl (C=O) groups is 1. The third-order valence-electron chi connectivity index (χ3n) is 2.36. The van der Waals surface area contributed by atoms with Crippen molar-refractivity contribution in [2.75, 3.05) is 6.61 Å². The SMILES string of the molecule is CCOC(=O)c1cnn(-c2nc(C)cnc2C)c1. The average molecular weight is 246 g/mol. The maximum Gasteiger partial charge on any atom is 0.341 e. The van der Waals surface area contributed by atoms with Crippen LogP contribution in [0, 0.1) is 13.8 Å². The molecule has 0 atom stereocenters. The molecule has 2 rings (SSSR count). The van der Waals surface area contributed by atoms with Crippen LogP contribution in [0.25, 0.3) is 5.82 Å². The maximum absolute atomic E-state index is 11.5. The van der Waals surface area contributed by atoms with Crippen LogP contribution in [-0.4, -0.2) is 32.3 Å². The zero-order chi connectivity index (χ0) is 13.1. The van der Waals surface area contributed by atoms with Crippen molar-refractivity contribution < 1.29 is 9.53 Å². The standard InChI is InChI=1S/C12H14N4O2/c1-4-18-12(17)10-6-14-16(7-10)11-9(3)13-5-8(2)15-11/h5-7H,4H2,1-3H3. The molecule has 0 amide bonds. The van der Waals surface area contributed by atoms with E-state index in [1.165, 1.54) is 10.9 Å². The van der Waals surface area contributed by atoms with E-state index in [2.05, 4.69) is 15.1 Å². The summed E-state index contributed by atoms with van der Waals surface area (Å²) in [5, 5.41) is 4.11. The van der Waals surface area contributed by atoms with Crippen LogP contribution in [-0.2, 0) is 4.74 Å². The van der Waals surface area contributed by atoms with Crippen molar-refractivity contribution in [1.82, 2.24) is 19.7 Å². The van der Waals surface area contributed by atoms with Gasteiger partial charge in [0.1, 0.15) is 0 Å². The first-order valence-electron chi connectivity index (χ1n) is 5.64. The van der Waals surface area contributed by atoms with Crippen LogP contribution >= 0.6 is 0 Å². The molecule has 2 heterocycles. The lowest BCUT2D eigenvalue weighted by molar-refractivity contribution is 0.0526. The zero-order valence-corrected chi connectivity index (χ0v) is 10.5. The highest BCUT2D eigenvalue weighted by Gasteiger charge is 2.12. The molecule has 0 unspecified atom stereocenters. The van der Waals surface area contributed by atoms with Gasteiger partial charge in [0.2, 0.25) is 0 Å². The molecule has 0 bridgehead atoms. The van der Waals surface area contributed by atoms with E-state index in [1.54, 1.807) is 19.3 Å². The van der Waals surface area contributed by atoms with Crippen LogP contribution in [0.2, 0.25) is 0 Å². The second kappa shape index (κ2) is 4.95. The summed E-state index contributed by atoms with van der Waals surface area (Å²) in [5.41, 5.74) is 1.95. The van der Waals surface area contributed by atoms with Crippen LogP contribution in [0.1, 0.15) is 28.7 Å². The van der Waals surface area contributed by atoms with Gasteiger partial charge in [0.05, 0.1) is 29.8 Å². The molecule has 0 saturated heterocycles. The number of aryl methyl sites for hydroxylation is 2. The highest BCUT2D eigenvalue weighted by atomic mass is 16.5. The topological polar surface area (TPSA) is 69.9 Å². The van der Waals surface area contributed by atoms with Gasteiger partial charge in [0, 0.05) is 12.4 Å². The number of ether oxygens (including phenoxy) is 1. The first-order valence-corrected chi connectivity index (χ1v) is 5.64. The van der Waals surface area contributed by atoms with Gasteiger partial charge in [-0.1, -0.05) is 0 Å². The van der Waals surface area contributed by atoms with Crippen LogP contribution in [0.5, 0.6) is 0 Å². The quantitative estimate of drug-likeness (QED) is 0.767. The fourth-order valence-corrected chi connectivity index (χ4v) is 1.50. The number of rotatable bonds is 3. The van der Waals surface area contributed by atoms with Crippen molar-refractivity contribution >= 4 is 5.97 Å². The molecule has 0 aromatic carbocycles. The fraction of sp³-hybridized carbons (Fsp3) is 0.333. The minimum absolute atomic E-state index is 0.341. The smallest absolute Gasteiger partial charge is 0.341 e. The van der Waals surface area contributed by atoms with Crippen LogP contribution in [0.15, 0.2) is 18.6 Å². The molecule has 0 aliphatic carbocycles. The molecule has 6 nitrogen and oxygen atoms in total. The van der Waals surface area contributed by atoms with Gasteiger partial charge in [-0.15, -0.1) is 0 Å². The van der Waals surface area contributed by atoms with Gasteiger partial charge >= 0.3 is 5.97 Å². The second-order valence-electron chi connectivity index (χ2n) is 3.81.